The maximum Gasteiger partial charge on any atom is 0.265 e. The SMILES string of the molecule is CCc1ccccc1NS(=O)(=O)c1cn(C2CCCC2)nc1-c1cccs1. The van der Waals surface area contributed by atoms with Crippen LogP contribution in [0.25, 0.3) is 10.6 Å². The van der Waals surface area contributed by atoms with Crippen LogP contribution in [-0.2, 0) is 16.4 Å². The molecule has 0 saturated heterocycles. The monoisotopic (exact) mass is 401 g/mol. The Bertz CT molecular complexity index is 1020. The molecule has 1 aliphatic carbocycles. The van der Waals surface area contributed by atoms with Gasteiger partial charge in [0.2, 0.25) is 0 Å². The Labute approximate surface area is 164 Å². The standard InChI is InChI=1S/C20H23N3O2S2/c1-2-15-8-3-6-11-17(15)22-27(24,25)19-14-23(16-9-4-5-10-16)21-20(19)18-12-7-13-26-18/h3,6-8,11-14,16,22H,2,4-5,9-10H2,1H3. The molecule has 1 aromatic carbocycles. The molecule has 1 aliphatic rings. The molecule has 3 aromatic rings. The van der Waals surface area contributed by atoms with Gasteiger partial charge in [-0.2, -0.15) is 5.10 Å². The van der Waals surface area contributed by atoms with Crippen LogP contribution in [0.4, 0.5) is 5.69 Å². The number of hydrogen-bond donors (Lipinski definition) is 1. The molecule has 1 fully saturated rings. The van der Waals surface area contributed by atoms with Gasteiger partial charge in [-0.15, -0.1) is 11.3 Å². The summed E-state index contributed by atoms with van der Waals surface area (Å²) in [7, 11) is -3.74. The predicted molar refractivity (Wildman–Crippen MR) is 110 cm³/mol. The van der Waals surface area contributed by atoms with Crippen LogP contribution in [0.2, 0.25) is 0 Å². The summed E-state index contributed by atoms with van der Waals surface area (Å²) in [5.74, 6) is 0. The zero-order valence-corrected chi connectivity index (χ0v) is 16.9. The number of aryl methyl sites for hydroxylation is 1. The number of sulfonamides is 1. The Morgan fingerprint density at radius 2 is 1.96 bits per heavy atom. The second-order valence-electron chi connectivity index (χ2n) is 6.85. The Morgan fingerprint density at radius 1 is 1.19 bits per heavy atom. The van der Waals surface area contributed by atoms with Gasteiger partial charge in [0.15, 0.2) is 0 Å². The lowest BCUT2D eigenvalue weighted by molar-refractivity contribution is 0.467. The fourth-order valence-corrected chi connectivity index (χ4v) is 5.68. The van der Waals surface area contributed by atoms with Crippen molar-refractivity contribution in [2.24, 2.45) is 0 Å². The van der Waals surface area contributed by atoms with Crippen LogP contribution < -0.4 is 4.72 Å². The van der Waals surface area contributed by atoms with Crippen molar-refractivity contribution in [2.75, 3.05) is 4.72 Å². The van der Waals surface area contributed by atoms with Gasteiger partial charge in [-0.25, -0.2) is 8.42 Å². The molecule has 2 heterocycles. The van der Waals surface area contributed by atoms with E-state index in [0.717, 1.165) is 29.7 Å². The number of anilines is 1. The van der Waals surface area contributed by atoms with Crippen molar-refractivity contribution in [1.29, 1.82) is 0 Å². The molecule has 27 heavy (non-hydrogen) atoms. The van der Waals surface area contributed by atoms with Crippen LogP contribution in [0, 0.1) is 0 Å². The predicted octanol–water partition coefficient (Wildman–Crippen LogP) is 5.09. The Hall–Kier alpha value is -2.12. The molecule has 0 bridgehead atoms. The minimum atomic E-state index is -3.74. The lowest BCUT2D eigenvalue weighted by Gasteiger charge is -2.11. The number of hydrogen-bond acceptors (Lipinski definition) is 4. The van der Waals surface area contributed by atoms with Crippen LogP contribution in [0.5, 0.6) is 0 Å². The molecule has 1 N–H and O–H groups in total. The zero-order valence-electron chi connectivity index (χ0n) is 15.3. The van der Waals surface area contributed by atoms with Gasteiger partial charge in [0, 0.05) is 6.20 Å². The Morgan fingerprint density at radius 3 is 2.67 bits per heavy atom. The highest BCUT2D eigenvalue weighted by molar-refractivity contribution is 7.92. The maximum absolute atomic E-state index is 13.3. The van der Waals surface area contributed by atoms with Crippen LogP contribution in [0.1, 0.15) is 44.2 Å². The number of thiophene rings is 1. The van der Waals surface area contributed by atoms with Crippen molar-refractivity contribution >= 4 is 27.0 Å². The molecular formula is C20H23N3O2S2. The summed E-state index contributed by atoms with van der Waals surface area (Å²) in [5.41, 5.74) is 2.14. The molecule has 7 heteroatoms. The smallest absolute Gasteiger partial charge is 0.265 e. The molecule has 0 spiro atoms. The van der Waals surface area contributed by atoms with E-state index in [9.17, 15) is 8.42 Å². The molecule has 142 valence electrons. The number of nitrogens with one attached hydrogen (secondary N) is 1. The second kappa shape index (κ2) is 7.48. The molecule has 4 rings (SSSR count). The number of aromatic nitrogens is 2. The lowest BCUT2D eigenvalue weighted by atomic mass is 10.1. The highest BCUT2D eigenvalue weighted by Gasteiger charge is 2.28. The molecular weight excluding hydrogens is 378 g/mol. The summed E-state index contributed by atoms with van der Waals surface area (Å²) in [6.07, 6.45) is 6.92. The summed E-state index contributed by atoms with van der Waals surface area (Å²) in [4.78, 5) is 1.12. The van der Waals surface area contributed by atoms with E-state index in [4.69, 9.17) is 5.10 Å². The van der Waals surface area contributed by atoms with Gasteiger partial charge in [-0.05, 0) is 42.3 Å². The summed E-state index contributed by atoms with van der Waals surface area (Å²) in [5, 5.41) is 6.64. The van der Waals surface area contributed by atoms with Crippen molar-refractivity contribution in [3.63, 3.8) is 0 Å². The largest absolute Gasteiger partial charge is 0.279 e. The summed E-state index contributed by atoms with van der Waals surface area (Å²) in [6.45, 7) is 2.02. The third-order valence-electron chi connectivity index (χ3n) is 5.08. The molecule has 0 atom stereocenters. The Kier molecular flexibility index (Phi) is 5.06. The summed E-state index contributed by atoms with van der Waals surface area (Å²) in [6, 6.07) is 11.7. The van der Waals surface area contributed by atoms with Gasteiger partial charge < -0.3 is 0 Å². The first-order valence-corrected chi connectivity index (χ1v) is 11.7. The van der Waals surface area contributed by atoms with Crippen molar-refractivity contribution in [1.82, 2.24) is 9.78 Å². The van der Waals surface area contributed by atoms with E-state index in [1.165, 1.54) is 24.2 Å². The van der Waals surface area contributed by atoms with Gasteiger partial charge >= 0.3 is 0 Å². The number of benzene rings is 1. The summed E-state index contributed by atoms with van der Waals surface area (Å²) < 4.78 is 31.2. The highest BCUT2D eigenvalue weighted by Crippen LogP contribution is 2.35. The van der Waals surface area contributed by atoms with E-state index in [-0.39, 0.29) is 10.9 Å². The van der Waals surface area contributed by atoms with Crippen LogP contribution >= 0.6 is 11.3 Å². The van der Waals surface area contributed by atoms with Gasteiger partial charge in [0.1, 0.15) is 10.6 Å². The molecule has 1 saturated carbocycles. The van der Waals surface area contributed by atoms with E-state index in [1.54, 1.807) is 6.20 Å². The summed E-state index contributed by atoms with van der Waals surface area (Å²) >= 11 is 1.51. The fraction of sp³-hybridized carbons (Fsp3) is 0.350. The highest BCUT2D eigenvalue weighted by atomic mass is 32.2. The van der Waals surface area contributed by atoms with Crippen molar-refractivity contribution in [2.45, 2.75) is 50.0 Å². The molecule has 0 amide bonds. The minimum Gasteiger partial charge on any atom is -0.279 e. The fourth-order valence-electron chi connectivity index (χ4n) is 3.64. The normalized spacial score (nSPS) is 15.3. The molecule has 0 radical (unpaired) electrons. The maximum atomic E-state index is 13.3. The first-order valence-electron chi connectivity index (χ1n) is 9.32. The van der Waals surface area contributed by atoms with Crippen molar-refractivity contribution in [3.8, 4) is 10.6 Å². The van der Waals surface area contributed by atoms with Crippen LogP contribution in [0.3, 0.4) is 0 Å². The number of rotatable bonds is 6. The minimum absolute atomic E-state index is 0.253. The molecule has 2 aromatic heterocycles. The van der Waals surface area contributed by atoms with Gasteiger partial charge in [-0.3, -0.25) is 9.40 Å². The van der Waals surface area contributed by atoms with Crippen molar-refractivity contribution < 1.29 is 8.42 Å². The van der Waals surface area contributed by atoms with Gasteiger partial charge in [0.25, 0.3) is 10.0 Å². The van der Waals surface area contributed by atoms with E-state index in [2.05, 4.69) is 4.72 Å². The van der Waals surface area contributed by atoms with Gasteiger partial charge in [0.05, 0.1) is 16.6 Å². The number of nitrogens with zero attached hydrogens (tertiary/aromatic N) is 2. The second-order valence-corrected chi connectivity index (χ2v) is 9.45. The van der Waals surface area contributed by atoms with E-state index in [0.29, 0.717) is 11.4 Å². The lowest BCUT2D eigenvalue weighted by Crippen LogP contribution is -2.14. The third-order valence-corrected chi connectivity index (χ3v) is 7.33. The molecule has 0 aliphatic heterocycles. The molecule has 5 nitrogen and oxygen atoms in total. The van der Waals surface area contributed by atoms with Crippen LogP contribution in [-0.4, -0.2) is 18.2 Å². The average Bonchev–Trinajstić information content (AvgIpc) is 3.41. The van der Waals surface area contributed by atoms with E-state index >= 15 is 0 Å². The van der Waals surface area contributed by atoms with E-state index < -0.39 is 10.0 Å². The van der Waals surface area contributed by atoms with E-state index in [1.807, 2.05) is 53.4 Å². The van der Waals surface area contributed by atoms with Crippen molar-refractivity contribution in [3.05, 3.63) is 53.5 Å². The Balaban J connectivity index is 1.76. The van der Waals surface area contributed by atoms with Gasteiger partial charge in [-0.1, -0.05) is 44.0 Å². The number of para-hydroxylation sites is 1. The first kappa shape index (κ1) is 18.3. The zero-order chi connectivity index (χ0) is 18.9. The molecule has 0 unspecified atom stereocenters. The average molecular weight is 402 g/mol. The first-order chi connectivity index (χ1) is 13.1. The third kappa shape index (κ3) is 3.66. The topological polar surface area (TPSA) is 64.0 Å². The van der Waals surface area contributed by atoms with Crippen LogP contribution in [0.15, 0.2) is 52.9 Å². The quantitative estimate of drug-likeness (QED) is 0.626.